The Labute approximate surface area is 542 Å². The molecule has 0 radical (unpaired) electrons. The molecule has 0 spiro atoms. The second-order valence-corrected chi connectivity index (χ2v) is 28.5. The summed E-state index contributed by atoms with van der Waals surface area (Å²) in [6.45, 7) is 11.7. The van der Waals surface area contributed by atoms with Crippen molar-refractivity contribution in [1.82, 2.24) is 0 Å². The van der Waals surface area contributed by atoms with Crippen LogP contribution >= 0.6 is 15.6 Å². The number of aliphatic hydroxyl groups is 1. The zero-order valence-corrected chi connectivity index (χ0v) is 59.2. The van der Waals surface area contributed by atoms with E-state index in [1.54, 1.807) is 0 Å². The molecular formula is C70H132O17P2. The number of phosphoric ester groups is 2. The van der Waals surface area contributed by atoms with E-state index in [4.69, 9.17) is 37.0 Å². The summed E-state index contributed by atoms with van der Waals surface area (Å²) < 4.78 is 68.2. The van der Waals surface area contributed by atoms with Gasteiger partial charge in [0, 0.05) is 25.7 Å². The number of rotatable bonds is 66. The molecule has 0 aromatic rings. The van der Waals surface area contributed by atoms with Gasteiger partial charge < -0.3 is 33.8 Å². The van der Waals surface area contributed by atoms with Crippen molar-refractivity contribution in [1.29, 1.82) is 0 Å². The molecule has 5 unspecified atom stereocenters. The minimum atomic E-state index is -4.96. The first-order chi connectivity index (χ1) is 42.8. The number of carbonyl (C=O) groups is 4. The quantitative estimate of drug-likeness (QED) is 0.0169. The van der Waals surface area contributed by atoms with E-state index in [0.717, 1.165) is 127 Å². The van der Waals surface area contributed by atoms with Crippen molar-refractivity contribution in [3.8, 4) is 0 Å². The van der Waals surface area contributed by atoms with E-state index in [1.807, 2.05) is 0 Å². The predicted molar refractivity (Wildman–Crippen MR) is 358 cm³/mol. The van der Waals surface area contributed by atoms with E-state index in [1.165, 1.54) is 109 Å². The van der Waals surface area contributed by atoms with Gasteiger partial charge in [0.2, 0.25) is 0 Å². The van der Waals surface area contributed by atoms with Crippen LogP contribution in [0.15, 0.2) is 24.3 Å². The third-order valence-electron chi connectivity index (χ3n) is 16.2. The average Bonchev–Trinajstić information content (AvgIpc) is 3.72. The summed E-state index contributed by atoms with van der Waals surface area (Å²) in [5, 5.41) is 10.6. The summed E-state index contributed by atoms with van der Waals surface area (Å²) in [6, 6.07) is 0. The molecule has 7 atom stereocenters. The molecule has 0 saturated heterocycles. The molecule has 17 nitrogen and oxygen atoms in total. The highest BCUT2D eigenvalue weighted by Gasteiger charge is 2.30. The van der Waals surface area contributed by atoms with Gasteiger partial charge in [0.25, 0.3) is 0 Å². The predicted octanol–water partition coefficient (Wildman–Crippen LogP) is 19.4. The first-order valence-electron chi connectivity index (χ1n) is 35.7. The van der Waals surface area contributed by atoms with Gasteiger partial charge in [0.1, 0.15) is 19.3 Å². The van der Waals surface area contributed by atoms with Crippen LogP contribution in [0.3, 0.4) is 0 Å². The van der Waals surface area contributed by atoms with Crippen LogP contribution in [0.5, 0.6) is 0 Å². The third kappa shape index (κ3) is 61.5. The third-order valence-corrected chi connectivity index (χ3v) is 18.1. The Morgan fingerprint density at radius 2 is 0.663 bits per heavy atom. The Morgan fingerprint density at radius 1 is 0.371 bits per heavy atom. The number of unbranched alkanes of at least 4 members (excludes halogenated alkanes) is 29. The van der Waals surface area contributed by atoms with Crippen molar-refractivity contribution >= 4 is 39.5 Å². The molecule has 0 rings (SSSR count). The smallest absolute Gasteiger partial charge is 0.462 e. The fraction of sp³-hybridized carbons (Fsp3) is 0.886. The Balaban J connectivity index is 5.29. The number of phosphoric acid groups is 2. The SMILES string of the molecule is CCCCCC/C=C\C=C/CCCCCCCC(=O)O[C@H](COC(=O)CCCCCCCCC(C)CC)COP(=O)(O)OCC(O)COP(=O)(O)OC[C@@H](COC(=O)CCCCCCCCCC(C)C)OC(=O)CCCCCCCCCCCCC(C)CC. The van der Waals surface area contributed by atoms with Crippen LogP contribution in [-0.4, -0.2) is 96.7 Å². The van der Waals surface area contributed by atoms with Crippen LogP contribution in [0.4, 0.5) is 0 Å². The van der Waals surface area contributed by atoms with Crippen LogP contribution in [-0.2, 0) is 65.4 Å². The van der Waals surface area contributed by atoms with Crippen molar-refractivity contribution in [3.05, 3.63) is 24.3 Å². The van der Waals surface area contributed by atoms with E-state index >= 15 is 0 Å². The molecule has 0 bridgehead atoms. The van der Waals surface area contributed by atoms with Crippen LogP contribution in [0, 0.1) is 17.8 Å². The standard InChI is InChI=1S/C70H132O17P2/c1-8-11-12-13-14-15-16-17-18-19-20-24-29-39-46-53-69(74)87-66(58-81-68(73)52-45-38-33-32-36-43-50-63(7)10-3)60-85-89(78,79)83-56-64(71)55-82-88(76,77)84-59-65(57-80-67(72)51-44-37-31-26-27-34-41-48-61(4)5)86-70(75)54-47-40-30-25-22-21-23-28-35-42-49-62(6)9-2/h15-18,61-66,71H,8-14,19-60H2,1-7H3,(H,76,77)(H,78,79)/b16-15-,18-17-/t62?,63?,64?,65-,66-/m1/s1. The zero-order valence-electron chi connectivity index (χ0n) is 57.4. The molecule has 89 heavy (non-hydrogen) atoms. The number of allylic oxidation sites excluding steroid dienone is 4. The number of hydrogen-bond acceptors (Lipinski definition) is 15. The summed E-state index contributed by atoms with van der Waals surface area (Å²) >= 11 is 0. The molecule has 0 fully saturated rings. The molecule has 0 amide bonds. The van der Waals surface area contributed by atoms with Crippen LogP contribution < -0.4 is 0 Å². The number of esters is 4. The summed E-state index contributed by atoms with van der Waals surface area (Å²) in [7, 11) is -9.91. The number of aliphatic hydroxyl groups excluding tert-OH is 1. The van der Waals surface area contributed by atoms with Gasteiger partial charge in [-0.05, 0) is 69.1 Å². The molecule has 3 N–H and O–H groups in total. The van der Waals surface area contributed by atoms with Crippen molar-refractivity contribution in [2.75, 3.05) is 39.6 Å². The lowest BCUT2D eigenvalue weighted by molar-refractivity contribution is -0.161. The van der Waals surface area contributed by atoms with Crippen molar-refractivity contribution in [2.24, 2.45) is 17.8 Å². The van der Waals surface area contributed by atoms with Gasteiger partial charge >= 0.3 is 39.5 Å². The van der Waals surface area contributed by atoms with Crippen LogP contribution in [0.2, 0.25) is 0 Å². The van der Waals surface area contributed by atoms with E-state index in [9.17, 15) is 43.2 Å². The lowest BCUT2D eigenvalue weighted by Crippen LogP contribution is -2.30. The second-order valence-electron chi connectivity index (χ2n) is 25.5. The van der Waals surface area contributed by atoms with Crippen molar-refractivity contribution in [2.45, 2.75) is 343 Å². The average molecular weight is 1310 g/mol. The number of ether oxygens (including phenoxy) is 4. The normalized spacial score (nSPS) is 15.0. The first-order valence-corrected chi connectivity index (χ1v) is 38.7. The summed E-state index contributed by atoms with van der Waals surface area (Å²) in [5.41, 5.74) is 0. The maximum atomic E-state index is 13.0. The minimum absolute atomic E-state index is 0.0836. The molecule has 0 aliphatic heterocycles. The largest absolute Gasteiger partial charge is 0.472 e. The molecule has 0 aromatic heterocycles. The highest BCUT2D eigenvalue weighted by atomic mass is 31.2. The molecule has 0 aliphatic rings. The number of hydrogen-bond donors (Lipinski definition) is 3. The van der Waals surface area contributed by atoms with Crippen LogP contribution in [0.1, 0.15) is 325 Å². The molecule has 0 saturated carbocycles. The Bertz CT molecular complexity index is 1850. The lowest BCUT2D eigenvalue weighted by atomic mass is 9.99. The Morgan fingerprint density at radius 3 is 1.00 bits per heavy atom. The van der Waals surface area contributed by atoms with Gasteiger partial charge in [-0.2, -0.15) is 0 Å². The van der Waals surface area contributed by atoms with Gasteiger partial charge in [-0.15, -0.1) is 0 Å². The maximum absolute atomic E-state index is 13.0. The second kappa shape index (κ2) is 60.5. The van der Waals surface area contributed by atoms with Crippen LogP contribution in [0.25, 0.3) is 0 Å². The summed E-state index contributed by atoms with van der Waals surface area (Å²) in [4.78, 5) is 72.5. The van der Waals surface area contributed by atoms with Crippen molar-refractivity contribution < 1.29 is 80.2 Å². The molecule has 0 aliphatic carbocycles. The Hall–Kier alpha value is -2.46. The maximum Gasteiger partial charge on any atom is 0.472 e. The molecule has 524 valence electrons. The fourth-order valence-corrected chi connectivity index (χ4v) is 11.5. The highest BCUT2D eigenvalue weighted by molar-refractivity contribution is 7.47. The molecule has 19 heteroatoms. The molecule has 0 heterocycles. The zero-order chi connectivity index (χ0) is 65.9. The first kappa shape index (κ1) is 86.5. The number of carbonyl (C=O) groups excluding carboxylic acids is 4. The Kier molecular flexibility index (Phi) is 58.8. The summed E-state index contributed by atoms with van der Waals surface area (Å²) in [6.07, 6.45) is 46.7. The van der Waals surface area contributed by atoms with E-state index < -0.39 is 97.5 Å². The van der Waals surface area contributed by atoms with Gasteiger partial charge in [0.05, 0.1) is 26.4 Å². The minimum Gasteiger partial charge on any atom is -0.462 e. The molecular weight excluding hydrogens is 1170 g/mol. The van der Waals surface area contributed by atoms with E-state index in [-0.39, 0.29) is 25.7 Å². The highest BCUT2D eigenvalue weighted by Crippen LogP contribution is 2.45. The topological polar surface area (TPSA) is 237 Å². The van der Waals surface area contributed by atoms with E-state index in [2.05, 4.69) is 72.8 Å². The van der Waals surface area contributed by atoms with Gasteiger partial charge in [-0.25, -0.2) is 9.13 Å². The summed E-state index contributed by atoms with van der Waals surface area (Å²) in [5.74, 6) is 0.0725. The van der Waals surface area contributed by atoms with E-state index in [0.29, 0.717) is 31.6 Å². The monoisotopic (exact) mass is 1310 g/mol. The van der Waals surface area contributed by atoms with Gasteiger partial charge in [-0.1, -0.05) is 272 Å². The lowest BCUT2D eigenvalue weighted by Gasteiger charge is -2.21. The van der Waals surface area contributed by atoms with Gasteiger partial charge in [0.15, 0.2) is 12.2 Å². The van der Waals surface area contributed by atoms with Gasteiger partial charge in [-0.3, -0.25) is 37.3 Å². The molecule has 0 aromatic carbocycles. The fourth-order valence-electron chi connectivity index (χ4n) is 9.94. The van der Waals surface area contributed by atoms with Crippen molar-refractivity contribution in [3.63, 3.8) is 0 Å².